The molecule has 5 heteroatoms. The van der Waals surface area contributed by atoms with Gasteiger partial charge in [-0.15, -0.1) is 0 Å². The number of aliphatic carboxylic acids is 1. The number of carboxylic acid groups (broad SMARTS) is 1. The molecule has 3 heterocycles. The zero-order chi connectivity index (χ0) is 14.8. The van der Waals surface area contributed by atoms with E-state index in [4.69, 9.17) is 0 Å². The molecule has 1 unspecified atom stereocenters. The van der Waals surface area contributed by atoms with Gasteiger partial charge in [0, 0.05) is 18.9 Å². The Morgan fingerprint density at radius 1 is 1.43 bits per heavy atom. The molecule has 0 radical (unpaired) electrons. The third-order valence-corrected chi connectivity index (χ3v) is 4.24. The van der Waals surface area contributed by atoms with Crippen molar-refractivity contribution in [2.75, 3.05) is 6.54 Å². The van der Waals surface area contributed by atoms with Crippen molar-refractivity contribution in [3.05, 3.63) is 35.8 Å². The summed E-state index contributed by atoms with van der Waals surface area (Å²) >= 11 is 0. The fraction of sp³-hybridized carbons (Fsp3) is 0.500. The van der Waals surface area contributed by atoms with Crippen LogP contribution in [0.1, 0.15) is 36.9 Å². The van der Waals surface area contributed by atoms with Crippen LogP contribution in [0.5, 0.6) is 0 Å². The monoisotopic (exact) mass is 287 g/mol. The number of hydrogen-bond donors (Lipinski definition) is 1. The van der Waals surface area contributed by atoms with Crippen molar-refractivity contribution in [2.24, 2.45) is 0 Å². The van der Waals surface area contributed by atoms with Gasteiger partial charge in [-0.3, -0.25) is 9.69 Å². The van der Waals surface area contributed by atoms with Crippen molar-refractivity contribution < 1.29 is 9.90 Å². The van der Waals surface area contributed by atoms with Crippen molar-refractivity contribution in [2.45, 2.75) is 45.2 Å². The first-order chi connectivity index (χ1) is 10.1. The molecule has 1 aliphatic rings. The highest BCUT2D eigenvalue weighted by Crippen LogP contribution is 2.20. The summed E-state index contributed by atoms with van der Waals surface area (Å²) in [5.41, 5.74) is 3.03. The van der Waals surface area contributed by atoms with Crippen LogP contribution in [0.2, 0.25) is 0 Å². The van der Waals surface area contributed by atoms with E-state index in [1.807, 2.05) is 35.9 Å². The Balaban J connectivity index is 1.85. The summed E-state index contributed by atoms with van der Waals surface area (Å²) in [4.78, 5) is 18.2. The number of carboxylic acids is 1. The van der Waals surface area contributed by atoms with Crippen LogP contribution < -0.4 is 0 Å². The SMILES string of the molecule is Cc1cccn2cc(CN3CCCCCC3C(=O)O)nc12. The smallest absolute Gasteiger partial charge is 0.320 e. The molecule has 112 valence electrons. The van der Waals surface area contributed by atoms with Gasteiger partial charge in [-0.05, 0) is 37.9 Å². The van der Waals surface area contributed by atoms with Gasteiger partial charge >= 0.3 is 5.97 Å². The maximum atomic E-state index is 11.5. The van der Waals surface area contributed by atoms with Crippen LogP contribution in [0.4, 0.5) is 0 Å². The largest absolute Gasteiger partial charge is 0.480 e. The number of aromatic nitrogens is 2. The first kappa shape index (κ1) is 14.1. The molecule has 21 heavy (non-hydrogen) atoms. The van der Waals surface area contributed by atoms with Crippen molar-refractivity contribution in [1.82, 2.24) is 14.3 Å². The summed E-state index contributed by atoms with van der Waals surface area (Å²) in [6.45, 7) is 3.49. The van der Waals surface area contributed by atoms with E-state index in [1.165, 1.54) is 0 Å². The fourth-order valence-electron chi connectivity index (χ4n) is 3.13. The van der Waals surface area contributed by atoms with Gasteiger partial charge in [-0.1, -0.05) is 18.9 Å². The van der Waals surface area contributed by atoms with Gasteiger partial charge in [0.2, 0.25) is 0 Å². The third kappa shape index (κ3) is 2.93. The molecular formula is C16H21N3O2. The van der Waals surface area contributed by atoms with E-state index >= 15 is 0 Å². The average molecular weight is 287 g/mol. The summed E-state index contributed by atoms with van der Waals surface area (Å²) in [7, 11) is 0. The van der Waals surface area contributed by atoms with Crippen LogP contribution in [0.3, 0.4) is 0 Å². The molecule has 0 saturated carbocycles. The number of fused-ring (bicyclic) bond motifs is 1. The van der Waals surface area contributed by atoms with Crippen LogP contribution in [0.25, 0.3) is 5.65 Å². The Bertz CT molecular complexity index is 650. The minimum atomic E-state index is -0.711. The Hall–Kier alpha value is -1.88. The molecule has 1 fully saturated rings. The molecule has 2 aromatic heterocycles. The highest BCUT2D eigenvalue weighted by Gasteiger charge is 2.27. The lowest BCUT2D eigenvalue weighted by atomic mass is 10.1. The van der Waals surface area contributed by atoms with E-state index < -0.39 is 5.97 Å². The van der Waals surface area contributed by atoms with Gasteiger partial charge in [0.05, 0.1) is 5.69 Å². The highest BCUT2D eigenvalue weighted by molar-refractivity contribution is 5.73. The van der Waals surface area contributed by atoms with Crippen molar-refractivity contribution >= 4 is 11.6 Å². The molecule has 2 aromatic rings. The van der Waals surface area contributed by atoms with Crippen LogP contribution in [0, 0.1) is 6.92 Å². The number of carbonyl (C=O) groups is 1. The summed E-state index contributed by atoms with van der Waals surface area (Å²) in [5.74, 6) is -0.711. The Morgan fingerprint density at radius 3 is 3.05 bits per heavy atom. The van der Waals surface area contributed by atoms with Crippen LogP contribution in [0.15, 0.2) is 24.5 Å². The number of nitrogens with zero attached hydrogens (tertiary/aromatic N) is 3. The van der Waals surface area contributed by atoms with E-state index in [2.05, 4.69) is 9.88 Å². The Labute approximate surface area is 124 Å². The Morgan fingerprint density at radius 2 is 2.29 bits per heavy atom. The van der Waals surface area contributed by atoms with Gasteiger partial charge in [0.15, 0.2) is 0 Å². The highest BCUT2D eigenvalue weighted by atomic mass is 16.4. The summed E-state index contributed by atoms with van der Waals surface area (Å²) in [6, 6.07) is 3.66. The molecule has 1 atom stereocenters. The number of hydrogen-bond acceptors (Lipinski definition) is 3. The number of imidazole rings is 1. The molecule has 0 aromatic carbocycles. The van der Waals surface area contributed by atoms with Crippen molar-refractivity contribution in [1.29, 1.82) is 0 Å². The number of rotatable bonds is 3. The van der Waals surface area contributed by atoms with Crippen molar-refractivity contribution in [3.63, 3.8) is 0 Å². The van der Waals surface area contributed by atoms with E-state index in [1.54, 1.807) is 0 Å². The molecule has 1 aliphatic heterocycles. The zero-order valence-electron chi connectivity index (χ0n) is 12.3. The van der Waals surface area contributed by atoms with E-state index in [0.29, 0.717) is 6.54 Å². The lowest BCUT2D eigenvalue weighted by molar-refractivity contribution is -0.143. The third-order valence-electron chi connectivity index (χ3n) is 4.24. The van der Waals surface area contributed by atoms with E-state index in [0.717, 1.165) is 49.1 Å². The molecule has 0 amide bonds. The van der Waals surface area contributed by atoms with Gasteiger partial charge < -0.3 is 9.51 Å². The number of likely N-dealkylation sites (tertiary alicyclic amines) is 1. The average Bonchev–Trinajstić information content (AvgIpc) is 2.71. The van der Waals surface area contributed by atoms with Gasteiger partial charge in [0.25, 0.3) is 0 Å². The molecule has 1 saturated heterocycles. The topological polar surface area (TPSA) is 57.8 Å². The number of pyridine rings is 1. The molecular weight excluding hydrogens is 266 g/mol. The second-order valence-corrected chi connectivity index (χ2v) is 5.83. The molecule has 0 spiro atoms. The second-order valence-electron chi connectivity index (χ2n) is 5.83. The lowest BCUT2D eigenvalue weighted by Gasteiger charge is -2.25. The first-order valence-corrected chi connectivity index (χ1v) is 7.55. The molecule has 3 rings (SSSR count). The normalized spacial score (nSPS) is 20.5. The first-order valence-electron chi connectivity index (χ1n) is 7.55. The van der Waals surface area contributed by atoms with Crippen LogP contribution in [-0.2, 0) is 11.3 Å². The standard InChI is InChI=1S/C16H21N3O2/c1-12-6-5-9-19-11-13(17-15(12)19)10-18-8-4-2-3-7-14(18)16(20)21/h5-6,9,11,14H,2-4,7-8,10H2,1H3,(H,20,21). The van der Waals surface area contributed by atoms with Gasteiger partial charge in [-0.25, -0.2) is 4.98 Å². The summed E-state index contributed by atoms with van der Waals surface area (Å²) < 4.78 is 2.01. The predicted octanol–water partition coefficient (Wildman–Crippen LogP) is 2.47. The van der Waals surface area contributed by atoms with Gasteiger partial charge in [0.1, 0.15) is 11.7 Å². The molecule has 1 N–H and O–H groups in total. The maximum Gasteiger partial charge on any atom is 0.320 e. The van der Waals surface area contributed by atoms with Crippen LogP contribution >= 0.6 is 0 Å². The van der Waals surface area contributed by atoms with Crippen molar-refractivity contribution in [3.8, 4) is 0 Å². The second kappa shape index (κ2) is 5.85. The minimum Gasteiger partial charge on any atom is -0.480 e. The van der Waals surface area contributed by atoms with Crippen LogP contribution in [-0.4, -0.2) is 37.9 Å². The van der Waals surface area contributed by atoms with E-state index in [-0.39, 0.29) is 6.04 Å². The quantitative estimate of drug-likeness (QED) is 0.942. The summed E-state index contributed by atoms with van der Waals surface area (Å²) in [6.07, 6.45) is 7.91. The Kier molecular flexibility index (Phi) is 3.92. The maximum absolute atomic E-state index is 11.5. The molecule has 0 bridgehead atoms. The lowest BCUT2D eigenvalue weighted by Crippen LogP contribution is -2.40. The summed E-state index contributed by atoms with van der Waals surface area (Å²) in [5, 5.41) is 9.43. The predicted molar refractivity (Wildman–Crippen MR) is 80.2 cm³/mol. The molecule has 0 aliphatic carbocycles. The molecule has 5 nitrogen and oxygen atoms in total. The fourth-order valence-corrected chi connectivity index (χ4v) is 3.13. The van der Waals surface area contributed by atoms with Gasteiger partial charge in [-0.2, -0.15) is 0 Å². The number of aryl methyl sites for hydroxylation is 1. The van der Waals surface area contributed by atoms with E-state index in [9.17, 15) is 9.90 Å². The minimum absolute atomic E-state index is 0.376. The zero-order valence-corrected chi connectivity index (χ0v) is 12.3.